The first-order valence-corrected chi connectivity index (χ1v) is 9.90. The van der Waals surface area contributed by atoms with Crippen molar-refractivity contribution in [1.82, 2.24) is 15.2 Å². The molecule has 0 atom stereocenters. The molecule has 1 aliphatic rings. The molecule has 0 radical (unpaired) electrons. The Labute approximate surface area is 179 Å². The number of aromatic nitrogens is 1. The van der Waals surface area contributed by atoms with E-state index >= 15 is 0 Å². The van der Waals surface area contributed by atoms with Gasteiger partial charge in [-0.15, -0.1) is 0 Å². The van der Waals surface area contributed by atoms with E-state index in [0.29, 0.717) is 24.3 Å². The molecule has 4 rings (SSSR count). The highest BCUT2D eigenvalue weighted by atomic mass is 16.5. The zero-order chi connectivity index (χ0) is 21.8. The summed E-state index contributed by atoms with van der Waals surface area (Å²) in [7, 11) is 0. The fourth-order valence-corrected chi connectivity index (χ4v) is 3.39. The summed E-state index contributed by atoms with van der Waals surface area (Å²) in [6.07, 6.45) is 3.22. The first-order valence-electron chi connectivity index (χ1n) is 9.90. The van der Waals surface area contributed by atoms with Crippen LogP contribution in [0.4, 0.5) is 0 Å². The number of aryl methyl sites for hydroxylation is 1. The average Bonchev–Trinajstić information content (AvgIpc) is 3.02. The summed E-state index contributed by atoms with van der Waals surface area (Å²) < 4.78 is 5.62. The minimum atomic E-state index is -0.408. The Morgan fingerprint density at radius 1 is 1.00 bits per heavy atom. The van der Waals surface area contributed by atoms with Gasteiger partial charge < -0.3 is 10.1 Å². The Bertz CT molecular complexity index is 1140. The van der Waals surface area contributed by atoms with Crippen molar-refractivity contribution < 1.29 is 19.1 Å². The molecule has 0 aliphatic carbocycles. The third-order valence-electron chi connectivity index (χ3n) is 4.97. The van der Waals surface area contributed by atoms with Gasteiger partial charge in [-0.05, 0) is 60.5 Å². The van der Waals surface area contributed by atoms with Gasteiger partial charge in [0.05, 0.1) is 24.2 Å². The molecule has 0 spiro atoms. The van der Waals surface area contributed by atoms with Crippen molar-refractivity contribution in [3.05, 3.63) is 94.8 Å². The summed E-state index contributed by atoms with van der Waals surface area (Å²) in [6, 6.07) is 15.7. The van der Waals surface area contributed by atoms with Crippen molar-refractivity contribution in [3.63, 3.8) is 0 Å². The minimum Gasteiger partial charge on any atom is -0.492 e. The van der Waals surface area contributed by atoms with Gasteiger partial charge in [-0.25, -0.2) is 0 Å². The Hall–Kier alpha value is -4.00. The molecule has 3 amide bonds. The van der Waals surface area contributed by atoms with E-state index in [-0.39, 0.29) is 23.9 Å². The van der Waals surface area contributed by atoms with Crippen LogP contribution in [-0.2, 0) is 6.54 Å². The molecule has 1 aromatic heterocycles. The van der Waals surface area contributed by atoms with E-state index in [1.54, 1.807) is 30.6 Å². The molecule has 2 heterocycles. The number of ether oxygens (including phenoxy) is 1. The standard InChI is InChI=1S/C24H21N3O4/c1-16-3-2-4-19(13-16)31-12-11-26-22(28)18-5-6-20-21(14-18)24(30)27(23(20)29)15-17-7-9-25-10-8-17/h2-10,13-14H,11-12,15H2,1H3,(H,26,28). The summed E-state index contributed by atoms with van der Waals surface area (Å²) in [5.74, 6) is -0.363. The predicted molar refractivity (Wildman–Crippen MR) is 114 cm³/mol. The molecular weight excluding hydrogens is 394 g/mol. The first-order chi connectivity index (χ1) is 15.0. The van der Waals surface area contributed by atoms with Gasteiger partial charge in [-0.3, -0.25) is 24.3 Å². The van der Waals surface area contributed by atoms with Crippen molar-refractivity contribution in [3.8, 4) is 5.75 Å². The van der Waals surface area contributed by atoms with Gasteiger partial charge in [0.2, 0.25) is 0 Å². The second-order valence-corrected chi connectivity index (χ2v) is 7.23. The number of hydrogen-bond donors (Lipinski definition) is 1. The number of imide groups is 1. The first kappa shape index (κ1) is 20.3. The molecular formula is C24H21N3O4. The smallest absolute Gasteiger partial charge is 0.261 e. The van der Waals surface area contributed by atoms with Crippen LogP contribution in [0.2, 0.25) is 0 Å². The molecule has 0 fully saturated rings. The number of benzene rings is 2. The quantitative estimate of drug-likeness (QED) is 0.473. The highest BCUT2D eigenvalue weighted by Gasteiger charge is 2.35. The minimum absolute atomic E-state index is 0.159. The molecule has 0 bridgehead atoms. The van der Waals surface area contributed by atoms with Crippen LogP contribution < -0.4 is 10.1 Å². The van der Waals surface area contributed by atoms with E-state index in [1.807, 2.05) is 31.2 Å². The molecule has 7 heteroatoms. The third-order valence-corrected chi connectivity index (χ3v) is 4.97. The molecule has 2 aromatic carbocycles. The van der Waals surface area contributed by atoms with E-state index in [9.17, 15) is 14.4 Å². The van der Waals surface area contributed by atoms with E-state index in [1.165, 1.54) is 17.0 Å². The lowest BCUT2D eigenvalue weighted by molar-refractivity contribution is 0.0642. The number of nitrogens with one attached hydrogen (secondary N) is 1. The van der Waals surface area contributed by atoms with Crippen molar-refractivity contribution >= 4 is 17.7 Å². The van der Waals surface area contributed by atoms with E-state index in [4.69, 9.17) is 4.74 Å². The van der Waals surface area contributed by atoms with Gasteiger partial charge in [0.1, 0.15) is 12.4 Å². The number of hydrogen-bond acceptors (Lipinski definition) is 5. The third kappa shape index (κ3) is 4.45. The fraction of sp³-hybridized carbons (Fsp3) is 0.167. The largest absolute Gasteiger partial charge is 0.492 e. The maximum Gasteiger partial charge on any atom is 0.261 e. The maximum atomic E-state index is 12.8. The zero-order valence-electron chi connectivity index (χ0n) is 17.0. The van der Waals surface area contributed by atoms with E-state index in [2.05, 4.69) is 10.3 Å². The van der Waals surface area contributed by atoms with Crippen LogP contribution in [-0.4, -0.2) is 40.8 Å². The zero-order valence-corrected chi connectivity index (χ0v) is 17.0. The van der Waals surface area contributed by atoms with Gasteiger partial charge in [-0.2, -0.15) is 0 Å². The number of pyridine rings is 1. The molecule has 7 nitrogen and oxygen atoms in total. The Balaban J connectivity index is 1.38. The lowest BCUT2D eigenvalue weighted by Gasteiger charge is -2.13. The summed E-state index contributed by atoms with van der Waals surface area (Å²) in [4.78, 5) is 43.0. The number of rotatable bonds is 7. The Kier molecular flexibility index (Phi) is 5.75. The summed E-state index contributed by atoms with van der Waals surface area (Å²) in [5, 5.41) is 2.77. The molecule has 0 saturated heterocycles. The van der Waals surface area contributed by atoms with Crippen molar-refractivity contribution in [1.29, 1.82) is 0 Å². The molecule has 1 aliphatic heterocycles. The SMILES string of the molecule is Cc1cccc(OCCNC(=O)c2ccc3c(c2)C(=O)N(Cc2ccncc2)C3=O)c1. The second-order valence-electron chi connectivity index (χ2n) is 7.23. The number of nitrogens with zero attached hydrogens (tertiary/aromatic N) is 2. The van der Waals surface area contributed by atoms with Crippen LogP contribution in [0.15, 0.2) is 67.0 Å². The van der Waals surface area contributed by atoms with Crippen molar-refractivity contribution in [2.24, 2.45) is 0 Å². The van der Waals surface area contributed by atoms with E-state index in [0.717, 1.165) is 16.9 Å². The van der Waals surface area contributed by atoms with Crippen LogP contribution in [0.25, 0.3) is 0 Å². The van der Waals surface area contributed by atoms with Crippen molar-refractivity contribution in [2.45, 2.75) is 13.5 Å². The molecule has 31 heavy (non-hydrogen) atoms. The normalized spacial score (nSPS) is 12.6. The van der Waals surface area contributed by atoms with Gasteiger partial charge in [-0.1, -0.05) is 12.1 Å². The van der Waals surface area contributed by atoms with Gasteiger partial charge >= 0.3 is 0 Å². The highest BCUT2D eigenvalue weighted by molar-refractivity contribution is 6.22. The molecule has 1 N–H and O–H groups in total. The molecule has 3 aromatic rings. The van der Waals surface area contributed by atoms with Crippen LogP contribution in [0.5, 0.6) is 5.75 Å². The lowest BCUT2D eigenvalue weighted by Crippen LogP contribution is -2.29. The van der Waals surface area contributed by atoms with Crippen LogP contribution in [0.3, 0.4) is 0 Å². The van der Waals surface area contributed by atoms with Gasteiger partial charge in [0, 0.05) is 18.0 Å². The Morgan fingerprint density at radius 2 is 1.77 bits per heavy atom. The number of amides is 3. The van der Waals surface area contributed by atoms with Crippen LogP contribution >= 0.6 is 0 Å². The molecule has 0 unspecified atom stereocenters. The Morgan fingerprint density at radius 3 is 2.55 bits per heavy atom. The van der Waals surface area contributed by atoms with Crippen LogP contribution in [0, 0.1) is 6.92 Å². The predicted octanol–water partition coefficient (Wildman–Crippen LogP) is 3.00. The summed E-state index contributed by atoms with van der Waals surface area (Å²) >= 11 is 0. The lowest BCUT2D eigenvalue weighted by atomic mass is 10.1. The number of carbonyl (C=O) groups excluding carboxylic acids is 3. The number of carbonyl (C=O) groups is 3. The van der Waals surface area contributed by atoms with Gasteiger partial charge in [0.15, 0.2) is 0 Å². The average molecular weight is 415 g/mol. The topological polar surface area (TPSA) is 88.6 Å². The highest BCUT2D eigenvalue weighted by Crippen LogP contribution is 2.25. The van der Waals surface area contributed by atoms with Gasteiger partial charge in [0.25, 0.3) is 17.7 Å². The summed E-state index contributed by atoms with van der Waals surface area (Å²) in [5.41, 5.74) is 2.76. The summed E-state index contributed by atoms with van der Waals surface area (Å²) in [6.45, 7) is 2.77. The molecule has 0 saturated carbocycles. The van der Waals surface area contributed by atoms with E-state index < -0.39 is 5.91 Å². The van der Waals surface area contributed by atoms with Crippen molar-refractivity contribution in [2.75, 3.05) is 13.2 Å². The fourth-order valence-electron chi connectivity index (χ4n) is 3.39. The molecule has 156 valence electrons. The monoisotopic (exact) mass is 415 g/mol. The second kappa shape index (κ2) is 8.79. The number of fused-ring (bicyclic) bond motifs is 1. The van der Waals surface area contributed by atoms with Crippen LogP contribution in [0.1, 0.15) is 42.2 Å². The maximum absolute atomic E-state index is 12.8.